The molecular weight excluding hydrogens is 426 g/mol. The van der Waals surface area contributed by atoms with E-state index in [-0.39, 0.29) is 12.3 Å². The number of ether oxygens (including phenoxy) is 1. The zero-order valence-corrected chi connectivity index (χ0v) is 18.3. The normalized spacial score (nSPS) is 15.6. The quantitative estimate of drug-likeness (QED) is 0.641. The first-order valence-electron chi connectivity index (χ1n) is 10.6. The van der Waals surface area contributed by atoms with Crippen molar-refractivity contribution < 1.29 is 14.3 Å². The molecular formula is C23H23N5O3S. The van der Waals surface area contributed by atoms with Gasteiger partial charge in [-0.3, -0.25) is 14.6 Å². The van der Waals surface area contributed by atoms with Gasteiger partial charge in [0.1, 0.15) is 4.88 Å². The molecule has 0 bridgehead atoms. The number of pyridine rings is 1. The van der Waals surface area contributed by atoms with Crippen molar-refractivity contribution in [3.63, 3.8) is 0 Å². The Labute approximate surface area is 189 Å². The van der Waals surface area contributed by atoms with E-state index >= 15 is 0 Å². The summed E-state index contributed by atoms with van der Waals surface area (Å²) < 4.78 is 5.39. The summed E-state index contributed by atoms with van der Waals surface area (Å²) in [4.78, 5) is 38.2. The van der Waals surface area contributed by atoms with Crippen molar-refractivity contribution in [1.29, 1.82) is 0 Å². The summed E-state index contributed by atoms with van der Waals surface area (Å²) in [6.07, 6.45) is 4.36. The number of rotatable bonds is 5. The van der Waals surface area contributed by atoms with Gasteiger partial charge in [-0.25, -0.2) is 4.98 Å². The van der Waals surface area contributed by atoms with Crippen LogP contribution in [0.25, 0.3) is 11.1 Å². The van der Waals surface area contributed by atoms with Crippen LogP contribution in [0.3, 0.4) is 0 Å². The Balaban J connectivity index is 1.40. The van der Waals surface area contributed by atoms with E-state index in [4.69, 9.17) is 10.5 Å². The fraction of sp³-hybridized carbons (Fsp3) is 0.304. The van der Waals surface area contributed by atoms with Crippen LogP contribution in [0.4, 0.5) is 10.8 Å². The van der Waals surface area contributed by atoms with Gasteiger partial charge in [0.2, 0.25) is 5.91 Å². The standard InChI is InChI=1S/C23H23N5O3S/c24-22(30)21-18(26-23(32-21)27-10-12-31-13-11-27)14-20(29)28-9-6-17-16(2-1-3-19(17)28)15-4-7-25-8-5-15/h1-5,7-8H,6,9-14H2,(H2,24,30). The molecule has 2 aliphatic rings. The van der Waals surface area contributed by atoms with Gasteiger partial charge in [0.05, 0.1) is 25.3 Å². The zero-order chi connectivity index (χ0) is 22.1. The minimum Gasteiger partial charge on any atom is -0.378 e. The molecule has 3 aromatic rings. The van der Waals surface area contributed by atoms with Crippen LogP contribution >= 0.6 is 11.3 Å². The Morgan fingerprint density at radius 2 is 1.88 bits per heavy atom. The van der Waals surface area contributed by atoms with Gasteiger partial charge in [0, 0.05) is 37.7 Å². The number of morpholine rings is 1. The first kappa shape index (κ1) is 20.6. The smallest absolute Gasteiger partial charge is 0.260 e. The van der Waals surface area contributed by atoms with E-state index in [1.54, 1.807) is 17.3 Å². The summed E-state index contributed by atoms with van der Waals surface area (Å²) >= 11 is 1.25. The third-order valence-electron chi connectivity index (χ3n) is 5.83. The molecule has 0 unspecified atom stereocenters. The molecule has 2 amide bonds. The zero-order valence-electron chi connectivity index (χ0n) is 17.5. The number of amides is 2. The van der Waals surface area contributed by atoms with Crippen molar-refractivity contribution in [3.05, 3.63) is 58.9 Å². The SMILES string of the molecule is NC(=O)c1sc(N2CCOCC2)nc1CC(=O)N1CCc2c(-c3ccncc3)cccc21. The number of carbonyl (C=O) groups is 2. The number of benzene rings is 1. The van der Waals surface area contributed by atoms with Crippen molar-refractivity contribution in [2.45, 2.75) is 12.8 Å². The van der Waals surface area contributed by atoms with Crippen molar-refractivity contribution in [2.75, 3.05) is 42.6 Å². The highest BCUT2D eigenvalue weighted by Crippen LogP contribution is 2.36. The van der Waals surface area contributed by atoms with Gasteiger partial charge in [-0.15, -0.1) is 0 Å². The van der Waals surface area contributed by atoms with E-state index in [1.165, 1.54) is 11.3 Å². The van der Waals surface area contributed by atoms with Crippen LogP contribution in [0.1, 0.15) is 20.9 Å². The number of hydrogen-bond donors (Lipinski definition) is 1. The largest absolute Gasteiger partial charge is 0.378 e. The maximum absolute atomic E-state index is 13.3. The van der Waals surface area contributed by atoms with Gasteiger partial charge in [-0.2, -0.15) is 0 Å². The maximum Gasteiger partial charge on any atom is 0.260 e. The highest BCUT2D eigenvalue weighted by atomic mass is 32.1. The number of anilines is 2. The average molecular weight is 450 g/mol. The van der Waals surface area contributed by atoms with E-state index < -0.39 is 5.91 Å². The minimum absolute atomic E-state index is 0.0397. The van der Waals surface area contributed by atoms with Crippen LogP contribution < -0.4 is 15.5 Å². The van der Waals surface area contributed by atoms with Gasteiger partial charge in [0.25, 0.3) is 5.91 Å². The van der Waals surface area contributed by atoms with Gasteiger partial charge >= 0.3 is 0 Å². The lowest BCUT2D eigenvalue weighted by atomic mass is 9.99. The fourth-order valence-corrected chi connectivity index (χ4v) is 5.26. The molecule has 8 nitrogen and oxygen atoms in total. The Hall–Kier alpha value is -3.30. The molecule has 9 heteroatoms. The first-order chi connectivity index (χ1) is 15.6. The minimum atomic E-state index is -0.549. The molecule has 2 N–H and O–H groups in total. The molecule has 1 saturated heterocycles. The van der Waals surface area contributed by atoms with Gasteiger partial charge < -0.3 is 20.3 Å². The van der Waals surface area contributed by atoms with Gasteiger partial charge in [0.15, 0.2) is 5.13 Å². The van der Waals surface area contributed by atoms with Crippen LogP contribution in [0, 0.1) is 0 Å². The first-order valence-corrected chi connectivity index (χ1v) is 11.4. The topological polar surface area (TPSA) is 102 Å². The highest BCUT2D eigenvalue weighted by molar-refractivity contribution is 7.17. The second kappa shape index (κ2) is 8.68. The summed E-state index contributed by atoms with van der Waals surface area (Å²) in [5, 5.41) is 0.715. The molecule has 2 aliphatic heterocycles. The Kier molecular flexibility index (Phi) is 5.59. The summed E-state index contributed by atoms with van der Waals surface area (Å²) in [5.74, 6) is -0.636. The van der Waals surface area contributed by atoms with Crippen LogP contribution in [0.2, 0.25) is 0 Å². The Morgan fingerprint density at radius 1 is 1.09 bits per heavy atom. The number of carbonyl (C=O) groups excluding carboxylic acids is 2. The molecule has 5 rings (SSSR count). The lowest BCUT2D eigenvalue weighted by molar-refractivity contribution is -0.117. The molecule has 0 radical (unpaired) electrons. The number of hydrogen-bond acceptors (Lipinski definition) is 7. The number of aromatic nitrogens is 2. The highest BCUT2D eigenvalue weighted by Gasteiger charge is 2.29. The summed E-state index contributed by atoms with van der Waals surface area (Å²) in [6, 6.07) is 9.96. The summed E-state index contributed by atoms with van der Waals surface area (Å²) in [5.41, 5.74) is 10.3. The van der Waals surface area contributed by atoms with E-state index in [0.717, 1.165) is 28.8 Å². The molecule has 0 saturated carbocycles. The average Bonchev–Trinajstić information content (AvgIpc) is 3.45. The van der Waals surface area contributed by atoms with Crippen molar-refractivity contribution in [3.8, 4) is 11.1 Å². The monoisotopic (exact) mass is 449 g/mol. The molecule has 4 heterocycles. The Bertz CT molecular complexity index is 1160. The second-order valence-electron chi connectivity index (χ2n) is 7.75. The number of thiazole rings is 1. The molecule has 164 valence electrons. The molecule has 1 fully saturated rings. The number of nitrogens with two attached hydrogens (primary N) is 1. The van der Waals surface area contributed by atoms with Gasteiger partial charge in [-0.05, 0) is 41.3 Å². The molecule has 2 aromatic heterocycles. The van der Waals surface area contributed by atoms with Crippen LogP contribution in [-0.4, -0.2) is 54.6 Å². The second-order valence-corrected chi connectivity index (χ2v) is 8.72. The number of primary amides is 1. The van der Waals surface area contributed by atoms with Crippen molar-refractivity contribution >= 4 is 34.0 Å². The molecule has 32 heavy (non-hydrogen) atoms. The third-order valence-corrected chi connectivity index (χ3v) is 7.00. The predicted molar refractivity (Wildman–Crippen MR) is 123 cm³/mol. The third kappa shape index (κ3) is 3.85. The lowest BCUT2D eigenvalue weighted by Crippen LogP contribution is -2.36. The predicted octanol–water partition coefficient (Wildman–Crippen LogP) is 2.27. The van der Waals surface area contributed by atoms with Crippen LogP contribution in [-0.2, 0) is 22.4 Å². The van der Waals surface area contributed by atoms with Gasteiger partial charge in [-0.1, -0.05) is 23.5 Å². The molecule has 0 atom stereocenters. The lowest BCUT2D eigenvalue weighted by Gasteiger charge is -2.26. The van der Waals surface area contributed by atoms with E-state index in [9.17, 15) is 9.59 Å². The Morgan fingerprint density at radius 3 is 2.62 bits per heavy atom. The molecule has 0 spiro atoms. The van der Waals surface area contributed by atoms with E-state index in [2.05, 4.69) is 20.9 Å². The van der Waals surface area contributed by atoms with Crippen LogP contribution in [0.15, 0.2) is 42.7 Å². The fourth-order valence-electron chi connectivity index (χ4n) is 4.28. The number of nitrogens with zero attached hydrogens (tertiary/aromatic N) is 4. The van der Waals surface area contributed by atoms with Crippen molar-refractivity contribution in [1.82, 2.24) is 9.97 Å². The summed E-state index contributed by atoms with van der Waals surface area (Å²) in [6.45, 7) is 3.24. The van der Waals surface area contributed by atoms with Crippen LogP contribution in [0.5, 0.6) is 0 Å². The molecule has 0 aliphatic carbocycles. The number of fused-ring (bicyclic) bond motifs is 1. The van der Waals surface area contributed by atoms with E-state index in [0.29, 0.717) is 48.6 Å². The molecule has 1 aromatic carbocycles. The van der Waals surface area contributed by atoms with Crippen molar-refractivity contribution in [2.24, 2.45) is 5.73 Å². The van der Waals surface area contributed by atoms with E-state index in [1.807, 2.05) is 24.3 Å². The summed E-state index contributed by atoms with van der Waals surface area (Å²) in [7, 11) is 0. The maximum atomic E-state index is 13.3.